The van der Waals surface area contributed by atoms with E-state index in [1.807, 2.05) is 128 Å². The van der Waals surface area contributed by atoms with E-state index in [1.165, 1.54) is 36.4 Å². The summed E-state index contributed by atoms with van der Waals surface area (Å²) >= 11 is 37.0. The molecule has 4 saturated carbocycles. The third-order valence-corrected chi connectivity index (χ3v) is 26.9. The van der Waals surface area contributed by atoms with Crippen LogP contribution in [0.3, 0.4) is 0 Å². The van der Waals surface area contributed by atoms with E-state index in [0.29, 0.717) is 86.0 Å². The van der Waals surface area contributed by atoms with Crippen molar-refractivity contribution in [2.24, 2.45) is 17.8 Å². The number of nitrogens with zero attached hydrogens (tertiary/aromatic N) is 12. The fourth-order valence-electron chi connectivity index (χ4n) is 20.3. The number of hydrogen-bond acceptors (Lipinski definition) is 24. The number of nitrogens with two attached hydrogens (primary N) is 2. The SMILES string of the molecule is CC1(C)O[C@@H]2[C@@H]([C@@H]3OCc4cc(Cl)ccc43)CC(n3ccc4c(Cl)ncnc43)[C@@H]2O1.CC1(C)O[C@@H]2[C@@H]([C@@H]3OCc4cc(Cl)ccc43)CC(n3ccc4c(N)ncnc43)[C@@H]2O1.CC1(C)O[C@H]2C(n3ccc4c(Cl)ncnc43)C[C@](O)([C@H](O)c3ccc(Cl)cc3CO)[C@H]2O1.Nc1ncnc2c1ccn2C1C[C@H]([C@@H]2OCc3cc(Cl)ccc32)[C@@H](O)[C@H]1O. The molecule has 0 spiro atoms. The van der Waals surface area contributed by atoms with E-state index in [4.69, 9.17) is 124 Å². The molecular weight excluding hydrogens is 1650 g/mol. The van der Waals surface area contributed by atoms with Gasteiger partial charge in [-0.3, -0.25) is 0 Å². The molecule has 4 aromatic carbocycles. The summed E-state index contributed by atoms with van der Waals surface area (Å²) in [6.45, 7) is 12.7. The monoisotopic (exact) mass is 1740 g/mol. The van der Waals surface area contributed by atoms with Crippen LogP contribution >= 0.6 is 69.6 Å². The summed E-state index contributed by atoms with van der Waals surface area (Å²) in [5, 5.41) is 61.0. The van der Waals surface area contributed by atoms with Crippen molar-refractivity contribution in [3.63, 3.8) is 0 Å². The number of halogens is 6. The van der Waals surface area contributed by atoms with Crippen molar-refractivity contribution in [3.05, 3.63) is 222 Å². The number of anilines is 2. The molecule has 7 fully saturated rings. The first-order valence-corrected chi connectivity index (χ1v) is 41.8. The second-order valence-corrected chi connectivity index (χ2v) is 36.1. The third-order valence-electron chi connectivity index (χ3n) is 25.3. The predicted octanol–water partition coefficient (Wildman–Crippen LogP) is 14.5. The smallest absolute Gasteiger partial charge is 0.164 e. The van der Waals surface area contributed by atoms with Crippen molar-refractivity contribution in [1.82, 2.24) is 58.1 Å². The molecule has 28 nitrogen and oxygen atoms in total. The lowest BCUT2D eigenvalue weighted by Crippen LogP contribution is -2.47. The van der Waals surface area contributed by atoms with E-state index in [1.54, 1.807) is 32.0 Å². The van der Waals surface area contributed by atoms with Gasteiger partial charge in [0.1, 0.15) is 112 Å². The molecule has 119 heavy (non-hydrogen) atoms. The van der Waals surface area contributed by atoms with Gasteiger partial charge in [-0.1, -0.05) is 93.9 Å². The van der Waals surface area contributed by atoms with E-state index < -0.39 is 59.5 Å². The van der Waals surface area contributed by atoms with E-state index in [0.717, 1.165) is 72.6 Å². The number of fused-ring (bicyclic) bond motifs is 10. The Morgan fingerprint density at radius 3 is 1.26 bits per heavy atom. The molecule has 20 atom stereocenters. The minimum Gasteiger partial charge on any atom is -0.392 e. The number of aliphatic hydroxyl groups excluding tert-OH is 4. The first kappa shape index (κ1) is 80.8. The van der Waals surface area contributed by atoms with Crippen molar-refractivity contribution < 1.29 is 68.2 Å². The first-order chi connectivity index (χ1) is 57.0. The van der Waals surface area contributed by atoms with Gasteiger partial charge < -0.3 is 97.9 Å². The van der Waals surface area contributed by atoms with Crippen LogP contribution < -0.4 is 11.5 Å². The molecule has 0 radical (unpaired) electrons. The van der Waals surface area contributed by atoms with Crippen LogP contribution in [-0.4, -0.2) is 155 Å². The highest BCUT2D eigenvalue weighted by Gasteiger charge is 2.65. The molecule has 4 aliphatic carbocycles. The second-order valence-electron chi connectivity index (χ2n) is 33.6. The molecule has 0 bridgehead atoms. The Morgan fingerprint density at radius 2 is 0.798 bits per heavy atom. The zero-order chi connectivity index (χ0) is 82.8. The molecule has 8 aromatic heterocycles. The van der Waals surface area contributed by atoms with E-state index in [2.05, 4.69) is 61.1 Å². The van der Waals surface area contributed by atoms with Gasteiger partial charge in [0, 0.05) is 69.1 Å². The van der Waals surface area contributed by atoms with Gasteiger partial charge in [-0.25, -0.2) is 39.9 Å². The van der Waals surface area contributed by atoms with E-state index in [-0.39, 0.29) is 91.6 Å². The zero-order valence-electron chi connectivity index (χ0n) is 65.2. The summed E-state index contributed by atoms with van der Waals surface area (Å²) in [6.07, 6.45) is 10.6. The standard InChI is InChI=1S/C22H23Cl2N3O5.C22H21Cl2N3O3.C22H23ClN4O3.C19H19ClN4O3/c1-21(2)31-16-15(27-6-5-14-19(24)25-10-26-20(14)27)8-22(30,18(16)32-21)17(29)13-4-3-12(23)7-11(13)9-28;2*1-22(2)29-18-15(17-13-4-3-12(23)7-11(13)9-28-17)8-16(19(18)30-22)27-6-5-14-20(24)25-10-26-21(14)27;20-10-1-2-11-9(5-10)7-27-17(11)13-6-14(16(26)15(13)25)24-4-3-12-18(21)22-8-23-19(12)24/h3-7,10,15-18,28-30H,8-9H2,1-2H3;3-7,10,15-19H,8-9H2,1-2H3;3-7,10,15-19H,8-9H2,1-2H3,(H2,24,25,26);1-5,8,13-17,25-26H,6-7H2,(H2,21,22,23)/t15?,16-,17+,18-,22-;2*15-,16?,17-,18-,19+;13-,14?,15+,16-,17+/m0110/s1. The molecule has 14 heterocycles. The predicted molar refractivity (Wildman–Crippen MR) is 442 cm³/mol. The van der Waals surface area contributed by atoms with Gasteiger partial charge in [-0.2, -0.15) is 0 Å². The number of aliphatic hydroxyl groups is 5. The maximum atomic E-state index is 11.9. The maximum absolute atomic E-state index is 11.9. The Kier molecular flexibility index (Phi) is 21.0. The van der Waals surface area contributed by atoms with E-state index >= 15 is 0 Å². The average Bonchev–Trinajstić information content (AvgIpc) is 1.56. The van der Waals surface area contributed by atoms with Crippen molar-refractivity contribution >= 4 is 125 Å². The van der Waals surface area contributed by atoms with Gasteiger partial charge in [0.2, 0.25) is 0 Å². The number of ether oxygens (including phenoxy) is 9. The van der Waals surface area contributed by atoms with Crippen molar-refractivity contribution in [2.45, 2.75) is 214 Å². The molecule has 10 aliphatic rings. The van der Waals surface area contributed by atoms with Gasteiger partial charge in [0.25, 0.3) is 0 Å². The molecule has 12 aromatic rings. The normalized spacial score (nSPS) is 31.0. The van der Waals surface area contributed by atoms with Gasteiger partial charge in [-0.15, -0.1) is 0 Å². The minimum absolute atomic E-state index is 0.0474. The highest BCUT2D eigenvalue weighted by molar-refractivity contribution is 6.34. The summed E-state index contributed by atoms with van der Waals surface area (Å²) in [4.78, 5) is 33.9. The quantitative estimate of drug-likeness (QED) is 0.0625. The van der Waals surface area contributed by atoms with Crippen LogP contribution in [0.15, 0.2) is 147 Å². The van der Waals surface area contributed by atoms with Crippen molar-refractivity contribution in [2.75, 3.05) is 11.5 Å². The summed E-state index contributed by atoms with van der Waals surface area (Å²) in [5.41, 5.74) is 20.7. The number of aromatic nitrogens is 12. The van der Waals surface area contributed by atoms with E-state index in [9.17, 15) is 25.5 Å². The fourth-order valence-corrected chi connectivity index (χ4v) is 21.4. The molecule has 22 rings (SSSR count). The number of nitrogen functional groups attached to an aromatic ring is 2. The van der Waals surface area contributed by atoms with Gasteiger partial charge in [0.15, 0.2) is 17.4 Å². The van der Waals surface area contributed by atoms with Crippen LogP contribution in [0.4, 0.5) is 11.6 Å². The molecule has 6 aliphatic heterocycles. The molecule has 9 N–H and O–H groups in total. The van der Waals surface area contributed by atoms with Crippen LogP contribution in [0.5, 0.6) is 0 Å². The number of rotatable bonds is 10. The van der Waals surface area contributed by atoms with Crippen LogP contribution in [0.25, 0.3) is 44.1 Å². The Morgan fingerprint density at radius 1 is 0.429 bits per heavy atom. The van der Waals surface area contributed by atoms with Gasteiger partial charge >= 0.3 is 0 Å². The molecule has 34 heteroatoms. The lowest BCUT2D eigenvalue weighted by Gasteiger charge is -2.35. The lowest BCUT2D eigenvalue weighted by molar-refractivity contribution is -0.201. The Bertz CT molecular complexity index is 5740. The lowest BCUT2D eigenvalue weighted by atomic mass is 9.85. The van der Waals surface area contributed by atoms with Crippen LogP contribution in [-0.2, 0) is 69.1 Å². The average molecular weight is 1740 g/mol. The Balaban J connectivity index is 0.000000105. The van der Waals surface area contributed by atoms with Crippen LogP contribution in [0.1, 0.15) is 160 Å². The molecule has 0 amide bonds. The largest absolute Gasteiger partial charge is 0.392 e. The van der Waals surface area contributed by atoms with Crippen LogP contribution in [0, 0.1) is 17.8 Å². The fraction of sp³-hybridized carbons (Fsp3) is 0.435. The number of benzene rings is 4. The van der Waals surface area contributed by atoms with Gasteiger partial charge in [0.05, 0.1) is 109 Å². The summed E-state index contributed by atoms with van der Waals surface area (Å²) in [7, 11) is 0. The Labute approximate surface area is 712 Å². The highest BCUT2D eigenvalue weighted by Crippen LogP contribution is 2.59. The zero-order valence-corrected chi connectivity index (χ0v) is 69.7. The number of hydrogen-bond donors (Lipinski definition) is 7. The molecular formula is C85H86Cl6N14O14. The van der Waals surface area contributed by atoms with Crippen LogP contribution in [0.2, 0.25) is 30.4 Å². The third kappa shape index (κ3) is 14.3. The highest BCUT2D eigenvalue weighted by atomic mass is 35.5. The maximum Gasteiger partial charge on any atom is 0.164 e. The first-order valence-electron chi connectivity index (χ1n) is 39.5. The summed E-state index contributed by atoms with van der Waals surface area (Å²) in [5.74, 6) is -1.30. The second kappa shape index (κ2) is 30.9. The molecule has 4 unspecified atom stereocenters. The molecule has 3 saturated heterocycles. The molecule has 622 valence electrons. The summed E-state index contributed by atoms with van der Waals surface area (Å²) in [6, 6.07) is 29.5. The van der Waals surface area contributed by atoms with Gasteiger partial charge in [-0.05, 0) is 178 Å². The Hall–Kier alpha value is -7.86. The minimum atomic E-state index is -1.70. The van der Waals surface area contributed by atoms with Crippen molar-refractivity contribution in [3.8, 4) is 0 Å². The van der Waals surface area contributed by atoms with Crippen molar-refractivity contribution in [1.29, 1.82) is 0 Å². The topological polar surface area (TPSA) is 359 Å². The summed E-state index contributed by atoms with van der Waals surface area (Å²) < 4.78 is 64.4.